The maximum absolute atomic E-state index is 9.01. The van der Waals surface area contributed by atoms with Gasteiger partial charge in [0.05, 0.1) is 10.4 Å². The number of anilines is 1. The minimum atomic E-state index is -1.41. The van der Waals surface area contributed by atoms with Crippen LogP contribution >= 0.6 is 33.9 Å². The number of fused-ring (bicyclic) bond motifs is 1. The van der Waals surface area contributed by atoms with Crippen LogP contribution in [0, 0.1) is 3.57 Å². The Morgan fingerprint density at radius 2 is 2.07 bits per heavy atom. The molecule has 0 spiro atoms. The van der Waals surface area contributed by atoms with Gasteiger partial charge in [-0.1, -0.05) is 6.07 Å². The molecule has 0 aliphatic rings. The first-order valence-corrected chi connectivity index (χ1v) is 5.82. The molecule has 0 aliphatic heterocycles. The Kier molecular flexibility index (Phi) is 2.69. The fourth-order valence-corrected chi connectivity index (χ4v) is 2.87. The molecule has 0 saturated heterocycles. The van der Waals surface area contributed by atoms with Gasteiger partial charge in [-0.05, 0) is 40.1 Å². The second-order valence-electron chi connectivity index (χ2n) is 2.90. The first-order valence-electron chi connectivity index (χ1n) is 3.93. The van der Waals surface area contributed by atoms with Crippen LogP contribution in [-0.4, -0.2) is 17.2 Å². The second-order valence-corrected chi connectivity index (χ2v) is 5.15. The highest BCUT2D eigenvalue weighted by Gasteiger charge is 2.16. The average Bonchev–Trinajstić information content (AvgIpc) is 2.56. The van der Waals surface area contributed by atoms with E-state index in [-0.39, 0.29) is 0 Å². The highest BCUT2D eigenvalue weighted by Crippen LogP contribution is 2.29. The Bertz CT molecular complexity index is 485. The molecule has 2 aromatic rings. The van der Waals surface area contributed by atoms with Gasteiger partial charge in [-0.3, -0.25) is 0 Å². The fraction of sp³-hybridized carbons (Fsp3) is 0. The molecule has 4 N–H and O–H groups in total. The molecule has 0 radical (unpaired) electrons. The smallest absolute Gasteiger partial charge is 0.423 e. The van der Waals surface area contributed by atoms with Gasteiger partial charge in [0.2, 0.25) is 0 Å². The Morgan fingerprint density at radius 1 is 1.36 bits per heavy atom. The molecule has 0 aliphatic carbocycles. The fourth-order valence-electron chi connectivity index (χ4n) is 1.25. The molecular weight excluding hydrogens is 312 g/mol. The van der Waals surface area contributed by atoms with Gasteiger partial charge in [0.15, 0.2) is 0 Å². The van der Waals surface area contributed by atoms with Crippen LogP contribution in [0.2, 0.25) is 0 Å². The van der Waals surface area contributed by atoms with Crippen molar-refractivity contribution in [2.24, 2.45) is 0 Å². The standard InChI is InChI=1S/C8H7BINO2S/c10-5-2-1-4-3-6(9(12)13)14-8(4)7(5)11/h1-3,12-13H,11H2. The molecule has 6 heteroatoms. The second kappa shape index (κ2) is 3.69. The number of thiophene rings is 1. The molecule has 0 bridgehead atoms. The van der Waals surface area contributed by atoms with Crippen LogP contribution in [0.25, 0.3) is 10.1 Å². The van der Waals surface area contributed by atoms with Crippen LogP contribution < -0.4 is 10.5 Å². The maximum atomic E-state index is 9.01. The molecule has 0 atom stereocenters. The summed E-state index contributed by atoms with van der Waals surface area (Å²) in [7, 11) is -1.41. The lowest BCUT2D eigenvalue weighted by Gasteiger charge is -1.97. The highest BCUT2D eigenvalue weighted by molar-refractivity contribution is 14.1. The number of hydrogen-bond donors (Lipinski definition) is 3. The molecular formula is C8H7BINO2S. The molecule has 2 rings (SSSR count). The van der Waals surface area contributed by atoms with E-state index in [9.17, 15) is 0 Å². The van der Waals surface area contributed by atoms with Gasteiger partial charge >= 0.3 is 7.12 Å². The van der Waals surface area contributed by atoms with Gasteiger partial charge in [0, 0.05) is 8.35 Å². The summed E-state index contributed by atoms with van der Waals surface area (Å²) in [5.41, 5.74) is 6.58. The van der Waals surface area contributed by atoms with Crippen molar-refractivity contribution in [3.63, 3.8) is 0 Å². The third kappa shape index (κ3) is 1.62. The number of benzene rings is 1. The average molecular weight is 319 g/mol. The van der Waals surface area contributed by atoms with Gasteiger partial charge in [-0.25, -0.2) is 0 Å². The van der Waals surface area contributed by atoms with E-state index in [0.717, 1.165) is 13.7 Å². The van der Waals surface area contributed by atoms with E-state index in [2.05, 4.69) is 22.6 Å². The molecule has 72 valence electrons. The first-order chi connectivity index (χ1) is 6.59. The predicted molar refractivity (Wildman–Crippen MR) is 68.8 cm³/mol. The van der Waals surface area contributed by atoms with Crippen LogP contribution in [0.3, 0.4) is 0 Å². The predicted octanol–water partition coefficient (Wildman–Crippen LogP) is 0.768. The number of nitrogen functional groups attached to an aromatic ring is 1. The van der Waals surface area contributed by atoms with E-state index in [1.165, 1.54) is 11.3 Å². The lowest BCUT2D eigenvalue weighted by atomic mass is 9.89. The van der Waals surface area contributed by atoms with E-state index < -0.39 is 7.12 Å². The van der Waals surface area contributed by atoms with E-state index in [1.807, 2.05) is 12.1 Å². The van der Waals surface area contributed by atoms with Crippen LogP contribution in [0.4, 0.5) is 5.69 Å². The molecule has 3 nitrogen and oxygen atoms in total. The third-order valence-corrected chi connectivity index (χ3v) is 4.11. The van der Waals surface area contributed by atoms with Crippen molar-refractivity contribution < 1.29 is 10.0 Å². The van der Waals surface area contributed by atoms with Gasteiger partial charge in [0.1, 0.15) is 0 Å². The third-order valence-electron chi connectivity index (χ3n) is 1.95. The minimum Gasteiger partial charge on any atom is -0.423 e. The summed E-state index contributed by atoms with van der Waals surface area (Å²) in [4.78, 5) is 0. The molecule has 0 fully saturated rings. The summed E-state index contributed by atoms with van der Waals surface area (Å²) >= 11 is 3.47. The normalized spacial score (nSPS) is 10.8. The largest absolute Gasteiger partial charge is 0.499 e. The van der Waals surface area contributed by atoms with Crippen LogP contribution in [-0.2, 0) is 0 Å². The SMILES string of the molecule is Nc1c(I)ccc2cc(B(O)O)sc12. The summed E-state index contributed by atoms with van der Waals surface area (Å²) < 4.78 is 2.42. The summed E-state index contributed by atoms with van der Waals surface area (Å²) in [5.74, 6) is 0. The molecule has 1 heterocycles. The van der Waals surface area contributed by atoms with E-state index in [1.54, 1.807) is 6.07 Å². The lowest BCUT2D eigenvalue weighted by Crippen LogP contribution is -2.26. The van der Waals surface area contributed by atoms with E-state index in [0.29, 0.717) is 10.5 Å². The van der Waals surface area contributed by atoms with E-state index in [4.69, 9.17) is 15.8 Å². The number of hydrogen-bond acceptors (Lipinski definition) is 4. The molecule has 0 saturated carbocycles. The van der Waals surface area contributed by atoms with Crippen molar-refractivity contribution in [3.8, 4) is 0 Å². The molecule has 0 unspecified atom stereocenters. The number of halogens is 1. The Balaban J connectivity index is 2.71. The zero-order chi connectivity index (χ0) is 10.3. The Labute approximate surface area is 98.8 Å². The summed E-state index contributed by atoms with van der Waals surface area (Å²) in [5, 5.41) is 19.0. The van der Waals surface area contributed by atoms with E-state index >= 15 is 0 Å². The van der Waals surface area contributed by atoms with Gasteiger partial charge < -0.3 is 15.8 Å². The lowest BCUT2D eigenvalue weighted by molar-refractivity contribution is 0.427. The van der Waals surface area contributed by atoms with Crippen molar-refractivity contribution in [1.82, 2.24) is 0 Å². The quantitative estimate of drug-likeness (QED) is 0.413. The summed E-state index contributed by atoms with van der Waals surface area (Å²) in [6.07, 6.45) is 0. The maximum Gasteiger partial charge on any atom is 0.499 e. The number of nitrogens with two attached hydrogens (primary N) is 1. The van der Waals surface area contributed by atoms with Crippen LogP contribution in [0.1, 0.15) is 0 Å². The van der Waals surface area contributed by atoms with Crippen molar-refractivity contribution >= 4 is 61.6 Å². The molecule has 14 heavy (non-hydrogen) atoms. The van der Waals surface area contributed by atoms with Crippen molar-refractivity contribution in [1.29, 1.82) is 0 Å². The monoisotopic (exact) mass is 319 g/mol. The Hall–Kier alpha value is -0.305. The zero-order valence-electron chi connectivity index (χ0n) is 7.07. The van der Waals surface area contributed by atoms with Crippen LogP contribution in [0.15, 0.2) is 18.2 Å². The van der Waals surface area contributed by atoms with Gasteiger partial charge in [-0.2, -0.15) is 0 Å². The Morgan fingerprint density at radius 3 is 2.71 bits per heavy atom. The highest BCUT2D eigenvalue weighted by atomic mass is 127. The summed E-state index contributed by atoms with van der Waals surface area (Å²) in [6, 6.07) is 5.59. The van der Waals surface area contributed by atoms with Crippen molar-refractivity contribution in [2.45, 2.75) is 0 Å². The minimum absolute atomic E-state index is 0.522. The van der Waals surface area contributed by atoms with Gasteiger partial charge in [-0.15, -0.1) is 11.3 Å². The first kappa shape index (κ1) is 10.2. The zero-order valence-corrected chi connectivity index (χ0v) is 10.0. The van der Waals surface area contributed by atoms with Gasteiger partial charge in [0.25, 0.3) is 0 Å². The van der Waals surface area contributed by atoms with Crippen molar-refractivity contribution in [3.05, 3.63) is 21.8 Å². The topological polar surface area (TPSA) is 66.5 Å². The van der Waals surface area contributed by atoms with Crippen molar-refractivity contribution in [2.75, 3.05) is 5.73 Å². The van der Waals surface area contributed by atoms with Crippen LogP contribution in [0.5, 0.6) is 0 Å². The molecule has 0 amide bonds. The molecule has 1 aromatic carbocycles. The number of rotatable bonds is 1. The molecule has 1 aromatic heterocycles. The summed E-state index contributed by atoms with van der Waals surface area (Å²) in [6.45, 7) is 0.